The normalized spacial score (nSPS) is 29.0. The molecule has 1 aromatic heterocycles. The maximum Gasteiger partial charge on any atom is 0.245 e. The van der Waals surface area contributed by atoms with E-state index in [4.69, 9.17) is 11.2 Å². The Hall–Kier alpha value is -1.61. The molecule has 1 saturated carbocycles. The van der Waals surface area contributed by atoms with E-state index in [1.54, 1.807) is 7.11 Å². The molecule has 1 aliphatic carbocycles. The van der Waals surface area contributed by atoms with Gasteiger partial charge in [0, 0.05) is 33.2 Å². The van der Waals surface area contributed by atoms with Crippen LogP contribution in [0.3, 0.4) is 0 Å². The monoisotopic (exact) mass is 289 g/mol. The molecule has 114 valence electrons. The van der Waals surface area contributed by atoms with Crippen LogP contribution in [0.5, 0.6) is 0 Å². The molecule has 3 rings (SSSR count). The Morgan fingerprint density at radius 2 is 2.24 bits per heavy atom. The summed E-state index contributed by atoms with van der Waals surface area (Å²) in [5.41, 5.74) is 0. The van der Waals surface area contributed by atoms with Crippen molar-refractivity contribution in [2.45, 2.75) is 44.8 Å². The lowest BCUT2D eigenvalue weighted by molar-refractivity contribution is -0.00552. The minimum Gasteiger partial charge on any atom is -0.381 e. The van der Waals surface area contributed by atoms with E-state index in [9.17, 15) is 0 Å². The first-order valence-electron chi connectivity index (χ1n) is 7.77. The van der Waals surface area contributed by atoms with E-state index in [2.05, 4.69) is 26.3 Å². The number of ether oxygens (including phenoxy) is 1. The van der Waals surface area contributed by atoms with Crippen molar-refractivity contribution in [3.05, 3.63) is 0 Å². The van der Waals surface area contributed by atoms with Crippen LogP contribution in [0.2, 0.25) is 0 Å². The molecule has 1 saturated heterocycles. The maximum absolute atomic E-state index is 5.45. The first-order valence-corrected chi connectivity index (χ1v) is 7.77. The van der Waals surface area contributed by atoms with Crippen molar-refractivity contribution in [3.8, 4) is 12.3 Å². The molecule has 6 nitrogen and oxygen atoms in total. The number of anilines is 1. The molecule has 2 aliphatic rings. The molecule has 21 heavy (non-hydrogen) atoms. The molecule has 0 unspecified atom stereocenters. The zero-order chi connectivity index (χ0) is 14.7. The van der Waals surface area contributed by atoms with Crippen LogP contribution in [-0.2, 0) is 11.3 Å². The van der Waals surface area contributed by atoms with Crippen molar-refractivity contribution < 1.29 is 4.74 Å². The van der Waals surface area contributed by atoms with Gasteiger partial charge in [0.2, 0.25) is 5.95 Å². The molecule has 2 heterocycles. The van der Waals surface area contributed by atoms with Crippen LogP contribution in [-0.4, -0.2) is 46.5 Å². The number of aromatic nitrogens is 4. The molecular formula is C15H23N5O. The van der Waals surface area contributed by atoms with Gasteiger partial charge in [-0.2, -0.15) is 0 Å². The van der Waals surface area contributed by atoms with Crippen LogP contribution in [0.4, 0.5) is 5.95 Å². The molecule has 1 aromatic rings. The third-order valence-corrected chi connectivity index (χ3v) is 4.68. The minimum absolute atomic E-state index is 0.421. The Morgan fingerprint density at radius 3 is 3.00 bits per heavy atom. The molecule has 0 amide bonds. The number of hydrogen-bond acceptors (Lipinski definition) is 5. The lowest BCUT2D eigenvalue weighted by Gasteiger charge is -2.35. The molecule has 0 N–H and O–H groups in total. The zero-order valence-corrected chi connectivity index (χ0v) is 12.6. The molecule has 0 bridgehead atoms. The van der Waals surface area contributed by atoms with Crippen LogP contribution in [0.25, 0.3) is 0 Å². The Bertz CT molecular complexity index is 502. The van der Waals surface area contributed by atoms with Crippen LogP contribution < -0.4 is 4.90 Å². The lowest BCUT2D eigenvalue weighted by atomic mass is 9.82. The van der Waals surface area contributed by atoms with Crippen molar-refractivity contribution >= 4 is 5.95 Å². The van der Waals surface area contributed by atoms with Gasteiger partial charge in [-0.1, -0.05) is 5.10 Å². The zero-order valence-electron chi connectivity index (χ0n) is 12.6. The molecule has 0 aromatic carbocycles. The van der Waals surface area contributed by atoms with Gasteiger partial charge in [-0.25, -0.2) is 4.68 Å². The molecule has 0 spiro atoms. The van der Waals surface area contributed by atoms with Crippen molar-refractivity contribution in [1.29, 1.82) is 0 Å². The molecule has 6 heteroatoms. The Morgan fingerprint density at radius 1 is 1.38 bits per heavy atom. The van der Waals surface area contributed by atoms with Crippen LogP contribution >= 0.6 is 0 Å². The summed E-state index contributed by atoms with van der Waals surface area (Å²) in [6.07, 6.45) is 11.3. The van der Waals surface area contributed by atoms with E-state index in [0.717, 1.165) is 51.3 Å². The van der Waals surface area contributed by atoms with E-state index in [-0.39, 0.29) is 0 Å². The maximum atomic E-state index is 5.45. The average molecular weight is 289 g/mol. The number of tetrazole rings is 1. The van der Waals surface area contributed by atoms with Gasteiger partial charge in [0.15, 0.2) is 0 Å². The number of piperidine rings is 1. The Kier molecular flexibility index (Phi) is 4.39. The largest absolute Gasteiger partial charge is 0.381 e. The van der Waals surface area contributed by atoms with Crippen molar-refractivity contribution in [2.24, 2.45) is 11.8 Å². The van der Waals surface area contributed by atoms with Gasteiger partial charge < -0.3 is 9.64 Å². The lowest BCUT2D eigenvalue weighted by Crippen LogP contribution is -2.38. The van der Waals surface area contributed by atoms with E-state index < -0.39 is 0 Å². The summed E-state index contributed by atoms with van der Waals surface area (Å²) >= 11 is 0. The van der Waals surface area contributed by atoms with Gasteiger partial charge in [-0.05, 0) is 47.9 Å². The fourth-order valence-corrected chi connectivity index (χ4v) is 3.39. The molecular weight excluding hydrogens is 266 g/mol. The third-order valence-electron chi connectivity index (χ3n) is 4.68. The SMILES string of the molecule is C#CC[C@H]1CCCN(c2nnnn2CC2CC(OC)C2)C1. The van der Waals surface area contributed by atoms with Gasteiger partial charge >= 0.3 is 0 Å². The minimum atomic E-state index is 0.421. The molecule has 1 aliphatic heterocycles. The summed E-state index contributed by atoms with van der Waals surface area (Å²) in [5, 5.41) is 12.3. The average Bonchev–Trinajstić information content (AvgIpc) is 2.91. The number of nitrogens with zero attached hydrogens (tertiary/aromatic N) is 5. The highest BCUT2D eigenvalue weighted by molar-refractivity contribution is 5.29. The van der Waals surface area contributed by atoms with E-state index >= 15 is 0 Å². The second kappa shape index (κ2) is 6.44. The summed E-state index contributed by atoms with van der Waals surface area (Å²) < 4.78 is 7.29. The number of methoxy groups -OCH3 is 1. The first kappa shape index (κ1) is 14.3. The first-order chi connectivity index (χ1) is 10.3. The summed E-state index contributed by atoms with van der Waals surface area (Å²) in [5.74, 6) is 4.87. The van der Waals surface area contributed by atoms with E-state index in [1.807, 2.05) is 4.68 Å². The quantitative estimate of drug-likeness (QED) is 0.766. The van der Waals surface area contributed by atoms with Gasteiger partial charge in [0.05, 0.1) is 6.10 Å². The number of terminal acetylenes is 1. The summed E-state index contributed by atoms with van der Waals surface area (Å²) in [6.45, 7) is 2.88. The van der Waals surface area contributed by atoms with Gasteiger partial charge in [0.25, 0.3) is 0 Å². The van der Waals surface area contributed by atoms with Crippen LogP contribution in [0.15, 0.2) is 0 Å². The van der Waals surface area contributed by atoms with Crippen molar-refractivity contribution in [1.82, 2.24) is 20.2 Å². The third kappa shape index (κ3) is 3.18. The highest BCUT2D eigenvalue weighted by atomic mass is 16.5. The molecule has 2 fully saturated rings. The Labute approximate surface area is 125 Å². The van der Waals surface area contributed by atoms with Gasteiger partial charge in [-0.3, -0.25) is 0 Å². The smallest absolute Gasteiger partial charge is 0.245 e. The van der Waals surface area contributed by atoms with Gasteiger partial charge in [-0.15, -0.1) is 12.3 Å². The number of rotatable bonds is 5. The highest BCUT2D eigenvalue weighted by Gasteiger charge is 2.31. The summed E-state index contributed by atoms with van der Waals surface area (Å²) in [6, 6.07) is 0. The van der Waals surface area contributed by atoms with Gasteiger partial charge in [0.1, 0.15) is 0 Å². The van der Waals surface area contributed by atoms with E-state index in [1.165, 1.54) is 6.42 Å². The van der Waals surface area contributed by atoms with Crippen LogP contribution in [0.1, 0.15) is 32.1 Å². The standard InChI is InChI=1S/C15H23N5O/c1-3-5-12-6-4-7-19(10-12)15-16-17-18-20(15)11-13-8-14(9-13)21-2/h1,12-14H,4-11H2,2H3/t12-,13?,14?/m0/s1. The van der Waals surface area contributed by atoms with Crippen LogP contribution in [0, 0.1) is 24.2 Å². The topological polar surface area (TPSA) is 56.1 Å². The molecule has 1 atom stereocenters. The fraction of sp³-hybridized carbons (Fsp3) is 0.800. The molecule has 0 radical (unpaired) electrons. The predicted octanol–water partition coefficient (Wildman–Crippen LogP) is 1.34. The van der Waals surface area contributed by atoms with E-state index in [0.29, 0.717) is 17.9 Å². The number of hydrogen-bond donors (Lipinski definition) is 0. The highest BCUT2D eigenvalue weighted by Crippen LogP contribution is 2.32. The summed E-state index contributed by atoms with van der Waals surface area (Å²) in [4.78, 5) is 2.29. The second-order valence-corrected chi connectivity index (χ2v) is 6.22. The fourth-order valence-electron chi connectivity index (χ4n) is 3.39. The van der Waals surface area contributed by atoms with Crippen molar-refractivity contribution in [2.75, 3.05) is 25.1 Å². The second-order valence-electron chi connectivity index (χ2n) is 6.22. The van der Waals surface area contributed by atoms with Crippen molar-refractivity contribution in [3.63, 3.8) is 0 Å². The summed E-state index contributed by atoms with van der Waals surface area (Å²) in [7, 11) is 1.78. The predicted molar refractivity (Wildman–Crippen MR) is 79.7 cm³/mol. The Balaban J connectivity index is 1.61.